The number of hydrogen-bond acceptors (Lipinski definition) is 4. The number of likely N-dealkylation sites (tertiary alicyclic amines) is 1. The molecule has 1 atom stereocenters. The molecule has 0 radical (unpaired) electrons. The fourth-order valence-corrected chi connectivity index (χ4v) is 5.64. The Morgan fingerprint density at radius 2 is 1.74 bits per heavy atom. The average Bonchev–Trinajstić information content (AvgIpc) is 2.78. The molecule has 0 unspecified atom stereocenters. The van der Waals surface area contributed by atoms with E-state index in [-0.39, 0.29) is 12.2 Å². The molecule has 1 saturated heterocycles. The molecule has 1 fully saturated rings. The zero-order chi connectivity index (χ0) is 25.8. The Morgan fingerprint density at radius 3 is 2.34 bits per heavy atom. The summed E-state index contributed by atoms with van der Waals surface area (Å²) in [7, 11) is -4.09. The number of carbonyl (C=O) groups excluding carboxylic acids is 1. The standard InChI is InChI=1S/C24H29ClF3N3O3S/c1-17(31(35(2,33)34)20-10-11-22(25)21(14-20)24(26,27)28)23(32)29-15-18-8-4-5-9-19(18)16-30-12-6-3-7-13-30/h4-5,8-11,14,17H,3,6-7,12-13,15-16H2,1-2H3,(H,29,32)/t17-/m1/s1. The Bertz CT molecular complexity index is 1150. The molecule has 1 N–H and O–H groups in total. The number of anilines is 1. The van der Waals surface area contributed by atoms with Gasteiger partial charge in [-0.05, 0) is 62.2 Å². The summed E-state index contributed by atoms with van der Waals surface area (Å²) in [6, 6.07) is 9.15. The lowest BCUT2D eigenvalue weighted by molar-refractivity contribution is -0.137. The molecule has 6 nitrogen and oxygen atoms in total. The third-order valence-corrected chi connectivity index (χ3v) is 7.58. The second-order valence-corrected chi connectivity index (χ2v) is 11.0. The van der Waals surface area contributed by atoms with Gasteiger partial charge in [0.15, 0.2) is 0 Å². The summed E-state index contributed by atoms with van der Waals surface area (Å²) < 4.78 is 65.7. The number of benzene rings is 2. The van der Waals surface area contributed by atoms with Crippen LogP contribution in [-0.2, 0) is 34.1 Å². The van der Waals surface area contributed by atoms with E-state index in [1.807, 2.05) is 24.3 Å². The number of rotatable bonds is 8. The lowest BCUT2D eigenvalue weighted by atomic mass is 10.0. The molecule has 1 aliphatic rings. The smallest absolute Gasteiger partial charge is 0.350 e. The van der Waals surface area contributed by atoms with Crippen molar-refractivity contribution >= 4 is 33.2 Å². The van der Waals surface area contributed by atoms with Crippen molar-refractivity contribution < 1.29 is 26.4 Å². The minimum atomic E-state index is -4.78. The molecule has 1 amide bonds. The molecule has 1 heterocycles. The average molecular weight is 532 g/mol. The predicted molar refractivity (Wildman–Crippen MR) is 131 cm³/mol. The quantitative estimate of drug-likeness (QED) is 0.530. The number of sulfonamides is 1. The minimum absolute atomic E-state index is 0.166. The number of amides is 1. The van der Waals surface area contributed by atoms with Gasteiger partial charge in [0.05, 0.1) is 22.5 Å². The van der Waals surface area contributed by atoms with Crippen LogP contribution < -0.4 is 9.62 Å². The molecule has 0 aromatic heterocycles. The first-order valence-corrected chi connectivity index (χ1v) is 13.5. The van der Waals surface area contributed by atoms with Crippen LogP contribution in [0.1, 0.15) is 42.9 Å². The Kier molecular flexibility index (Phi) is 8.72. The molecule has 2 aromatic carbocycles. The van der Waals surface area contributed by atoms with Crippen molar-refractivity contribution in [2.45, 2.75) is 51.5 Å². The van der Waals surface area contributed by atoms with Gasteiger partial charge < -0.3 is 5.32 Å². The summed E-state index contributed by atoms with van der Waals surface area (Å²) in [4.78, 5) is 15.3. The van der Waals surface area contributed by atoms with E-state index in [9.17, 15) is 26.4 Å². The molecule has 3 rings (SSSR count). The van der Waals surface area contributed by atoms with Crippen LogP contribution in [-0.4, -0.2) is 44.6 Å². The van der Waals surface area contributed by atoms with Gasteiger partial charge in [0.25, 0.3) is 0 Å². The first kappa shape index (κ1) is 27.3. The maximum Gasteiger partial charge on any atom is 0.417 e. The molecule has 35 heavy (non-hydrogen) atoms. The van der Waals surface area contributed by atoms with Gasteiger partial charge in [-0.3, -0.25) is 14.0 Å². The zero-order valence-corrected chi connectivity index (χ0v) is 21.2. The number of alkyl halides is 3. The molecule has 2 aromatic rings. The van der Waals surface area contributed by atoms with Crippen LogP contribution in [0.15, 0.2) is 42.5 Å². The number of carbonyl (C=O) groups is 1. The van der Waals surface area contributed by atoms with E-state index in [4.69, 9.17) is 11.6 Å². The predicted octanol–water partition coefficient (Wildman–Crippen LogP) is 4.82. The summed E-state index contributed by atoms with van der Waals surface area (Å²) in [5, 5.41) is 2.18. The topological polar surface area (TPSA) is 69.7 Å². The summed E-state index contributed by atoms with van der Waals surface area (Å²) in [5.41, 5.74) is 0.493. The van der Waals surface area contributed by atoms with Crippen molar-refractivity contribution in [2.75, 3.05) is 23.7 Å². The van der Waals surface area contributed by atoms with E-state index in [1.165, 1.54) is 13.3 Å². The summed E-state index contributed by atoms with van der Waals surface area (Å²) in [6.45, 7) is 4.28. The fourth-order valence-electron chi connectivity index (χ4n) is 4.25. The van der Waals surface area contributed by atoms with Gasteiger partial charge in [-0.25, -0.2) is 8.42 Å². The highest BCUT2D eigenvalue weighted by Gasteiger charge is 2.36. The van der Waals surface area contributed by atoms with E-state index in [0.717, 1.165) is 62.0 Å². The number of piperidine rings is 1. The van der Waals surface area contributed by atoms with E-state index in [1.54, 1.807) is 0 Å². The van der Waals surface area contributed by atoms with Gasteiger partial charge in [0.1, 0.15) is 6.04 Å². The molecule has 0 bridgehead atoms. The zero-order valence-electron chi connectivity index (χ0n) is 19.6. The highest BCUT2D eigenvalue weighted by molar-refractivity contribution is 7.92. The molecular formula is C24H29ClF3N3O3S. The van der Waals surface area contributed by atoms with Gasteiger partial charge in [-0.2, -0.15) is 13.2 Å². The molecular weight excluding hydrogens is 503 g/mol. The summed E-state index contributed by atoms with van der Waals surface area (Å²) >= 11 is 5.67. The molecule has 1 aliphatic heterocycles. The first-order chi connectivity index (χ1) is 16.4. The highest BCUT2D eigenvalue weighted by Crippen LogP contribution is 2.37. The van der Waals surface area contributed by atoms with Crippen LogP contribution in [0.2, 0.25) is 5.02 Å². The molecule has 0 spiro atoms. The monoisotopic (exact) mass is 531 g/mol. The largest absolute Gasteiger partial charge is 0.417 e. The number of nitrogens with zero attached hydrogens (tertiary/aromatic N) is 2. The SMILES string of the molecule is C[C@H](C(=O)NCc1ccccc1CN1CCCCC1)N(c1ccc(Cl)c(C(F)(F)F)c1)S(C)(=O)=O. The van der Waals surface area contributed by atoms with Crippen molar-refractivity contribution in [3.05, 3.63) is 64.2 Å². The second kappa shape index (κ2) is 11.2. The lowest BCUT2D eigenvalue weighted by Crippen LogP contribution is -2.47. The van der Waals surface area contributed by atoms with E-state index in [0.29, 0.717) is 10.4 Å². The van der Waals surface area contributed by atoms with Gasteiger partial charge in [0.2, 0.25) is 15.9 Å². The first-order valence-electron chi connectivity index (χ1n) is 11.3. The fraction of sp³-hybridized carbons (Fsp3) is 0.458. The van der Waals surface area contributed by atoms with Crippen molar-refractivity contribution in [1.29, 1.82) is 0 Å². The van der Waals surface area contributed by atoms with Crippen molar-refractivity contribution in [2.24, 2.45) is 0 Å². The van der Waals surface area contributed by atoms with Gasteiger partial charge in [-0.1, -0.05) is 42.3 Å². The number of nitrogens with one attached hydrogen (secondary N) is 1. The van der Waals surface area contributed by atoms with E-state index < -0.39 is 38.7 Å². The molecule has 192 valence electrons. The molecule has 11 heteroatoms. The Balaban J connectivity index is 1.78. The van der Waals surface area contributed by atoms with Crippen molar-refractivity contribution in [3.63, 3.8) is 0 Å². The Labute approximate surface area is 209 Å². The van der Waals surface area contributed by atoms with Crippen LogP contribution in [0.25, 0.3) is 0 Å². The third-order valence-electron chi connectivity index (χ3n) is 6.01. The van der Waals surface area contributed by atoms with Crippen LogP contribution in [0.4, 0.5) is 18.9 Å². The normalized spacial score (nSPS) is 16.1. The Morgan fingerprint density at radius 1 is 1.11 bits per heavy atom. The third kappa shape index (κ3) is 7.11. The van der Waals surface area contributed by atoms with Crippen molar-refractivity contribution in [1.82, 2.24) is 10.2 Å². The van der Waals surface area contributed by atoms with E-state index >= 15 is 0 Å². The van der Waals surface area contributed by atoms with Crippen LogP contribution in [0.5, 0.6) is 0 Å². The lowest BCUT2D eigenvalue weighted by Gasteiger charge is -2.29. The molecule has 0 aliphatic carbocycles. The molecule has 0 saturated carbocycles. The van der Waals surface area contributed by atoms with E-state index in [2.05, 4.69) is 10.2 Å². The maximum absolute atomic E-state index is 13.3. The summed E-state index contributed by atoms with van der Waals surface area (Å²) in [5.74, 6) is -0.633. The van der Waals surface area contributed by atoms with Crippen molar-refractivity contribution in [3.8, 4) is 0 Å². The van der Waals surface area contributed by atoms with Crippen LogP contribution in [0, 0.1) is 0 Å². The highest BCUT2D eigenvalue weighted by atomic mass is 35.5. The van der Waals surface area contributed by atoms with Crippen LogP contribution >= 0.6 is 11.6 Å². The minimum Gasteiger partial charge on any atom is -0.350 e. The second-order valence-electron chi connectivity index (χ2n) is 8.72. The number of hydrogen-bond donors (Lipinski definition) is 1. The maximum atomic E-state index is 13.3. The van der Waals surface area contributed by atoms with Crippen LogP contribution in [0.3, 0.4) is 0 Å². The van der Waals surface area contributed by atoms with Gasteiger partial charge in [0, 0.05) is 13.1 Å². The van der Waals surface area contributed by atoms with Gasteiger partial charge in [-0.15, -0.1) is 0 Å². The van der Waals surface area contributed by atoms with Gasteiger partial charge >= 0.3 is 6.18 Å². The Hall–Kier alpha value is -2.30. The summed E-state index contributed by atoms with van der Waals surface area (Å²) in [6.07, 6.45) is -0.412. The number of halogens is 4.